The van der Waals surface area contributed by atoms with Crippen LogP contribution in [0.2, 0.25) is 0 Å². The van der Waals surface area contributed by atoms with Crippen molar-refractivity contribution in [1.29, 1.82) is 0 Å². The first-order valence-corrected chi connectivity index (χ1v) is 4.58. The molecule has 1 aliphatic heterocycles. The SMILES string of the molecule is S=S1(=S)OCO1. The Morgan fingerprint density at radius 2 is 1.67 bits per heavy atom. The summed E-state index contributed by atoms with van der Waals surface area (Å²) in [4.78, 5) is 0. The van der Waals surface area contributed by atoms with Crippen molar-refractivity contribution in [2.24, 2.45) is 0 Å². The van der Waals surface area contributed by atoms with Crippen molar-refractivity contribution in [3.05, 3.63) is 0 Å². The molecule has 1 heterocycles. The van der Waals surface area contributed by atoms with Gasteiger partial charge in [-0.3, -0.25) is 8.37 Å². The first-order valence-electron chi connectivity index (χ1n) is 1.24. The van der Waals surface area contributed by atoms with E-state index >= 15 is 0 Å². The molecular weight excluding hydrogens is 140 g/mol. The fourth-order valence-corrected chi connectivity index (χ4v) is 0.851. The summed E-state index contributed by atoms with van der Waals surface area (Å²) in [6, 6.07) is 0. The molecule has 1 rings (SSSR count). The summed E-state index contributed by atoms with van der Waals surface area (Å²) in [5.74, 6) is 0. The van der Waals surface area contributed by atoms with E-state index in [9.17, 15) is 0 Å². The Bertz CT molecular complexity index is 123. The molecule has 1 fully saturated rings. The van der Waals surface area contributed by atoms with Gasteiger partial charge in [0.25, 0.3) is 0 Å². The van der Waals surface area contributed by atoms with Crippen molar-refractivity contribution < 1.29 is 8.37 Å². The van der Waals surface area contributed by atoms with Gasteiger partial charge in [0.05, 0.1) is 0 Å². The van der Waals surface area contributed by atoms with Crippen LogP contribution in [0.15, 0.2) is 0 Å². The third-order valence-corrected chi connectivity index (χ3v) is 2.31. The molecular formula is CH2O2S3. The fraction of sp³-hybridized carbons (Fsp3) is 1.00. The summed E-state index contributed by atoms with van der Waals surface area (Å²) in [6.45, 7) is 0.294. The van der Waals surface area contributed by atoms with E-state index in [-0.39, 0.29) is 0 Å². The van der Waals surface area contributed by atoms with Crippen LogP contribution in [0.3, 0.4) is 0 Å². The second-order valence-corrected chi connectivity index (χ2v) is 5.32. The molecule has 0 saturated carbocycles. The molecule has 1 aliphatic rings. The highest BCUT2D eigenvalue weighted by Gasteiger charge is 2.11. The minimum absolute atomic E-state index is 0.294. The van der Waals surface area contributed by atoms with E-state index in [1.807, 2.05) is 0 Å². The van der Waals surface area contributed by atoms with Crippen LogP contribution in [-0.4, -0.2) is 6.79 Å². The topological polar surface area (TPSA) is 18.5 Å². The van der Waals surface area contributed by atoms with Gasteiger partial charge in [-0.2, -0.15) is 0 Å². The van der Waals surface area contributed by atoms with Gasteiger partial charge in [0, 0.05) is 22.4 Å². The monoisotopic (exact) mass is 142 g/mol. The lowest BCUT2D eigenvalue weighted by atomic mass is 11.6. The number of hydrogen-bond acceptors (Lipinski definition) is 4. The molecule has 0 unspecified atom stereocenters. The van der Waals surface area contributed by atoms with Crippen molar-refractivity contribution >= 4 is 30.1 Å². The predicted octanol–water partition coefficient (Wildman–Crippen LogP) is -0.102. The van der Waals surface area contributed by atoms with Crippen LogP contribution < -0.4 is 0 Å². The van der Waals surface area contributed by atoms with E-state index in [0.29, 0.717) is 6.79 Å². The van der Waals surface area contributed by atoms with Crippen LogP contribution in [-0.2, 0) is 38.5 Å². The largest absolute Gasteiger partial charge is 0.260 e. The van der Waals surface area contributed by atoms with Crippen LogP contribution in [0, 0.1) is 0 Å². The molecule has 36 valence electrons. The molecule has 0 bridgehead atoms. The second kappa shape index (κ2) is 1.34. The standard InChI is InChI=1S/CH2O2S3/c4-6(5)2-1-3-6/h1H2. The predicted molar refractivity (Wildman–Crippen MR) is 29.1 cm³/mol. The van der Waals surface area contributed by atoms with Gasteiger partial charge in [-0.15, -0.1) is 0 Å². The zero-order valence-corrected chi connectivity index (χ0v) is 5.20. The molecule has 0 aromatic heterocycles. The van der Waals surface area contributed by atoms with Crippen LogP contribution in [0.5, 0.6) is 0 Å². The molecule has 0 aliphatic carbocycles. The van der Waals surface area contributed by atoms with E-state index in [0.717, 1.165) is 0 Å². The summed E-state index contributed by atoms with van der Waals surface area (Å²) in [5.41, 5.74) is 0. The van der Waals surface area contributed by atoms with Crippen molar-refractivity contribution in [3.63, 3.8) is 0 Å². The van der Waals surface area contributed by atoms with Gasteiger partial charge in [0.1, 0.15) is 7.71 Å². The van der Waals surface area contributed by atoms with Gasteiger partial charge in [-0.05, 0) is 0 Å². The molecule has 0 atom stereocenters. The van der Waals surface area contributed by atoms with Crippen LogP contribution in [0.25, 0.3) is 0 Å². The third-order valence-electron chi connectivity index (χ3n) is 0.385. The first kappa shape index (κ1) is 4.86. The molecule has 0 N–H and O–H groups in total. The summed E-state index contributed by atoms with van der Waals surface area (Å²) in [6.07, 6.45) is 0. The van der Waals surface area contributed by atoms with Crippen LogP contribution >= 0.6 is 0 Å². The minimum atomic E-state index is -1.81. The van der Waals surface area contributed by atoms with Crippen molar-refractivity contribution in [1.82, 2.24) is 0 Å². The average Bonchev–Trinajstić information content (AvgIpc) is 1.32. The molecule has 1 saturated heterocycles. The van der Waals surface area contributed by atoms with Crippen molar-refractivity contribution in [3.8, 4) is 0 Å². The summed E-state index contributed by atoms with van der Waals surface area (Å²) in [7, 11) is -1.81. The molecule has 0 aromatic carbocycles. The van der Waals surface area contributed by atoms with Crippen molar-refractivity contribution in [2.75, 3.05) is 6.79 Å². The maximum Gasteiger partial charge on any atom is 0.178 e. The molecule has 0 radical (unpaired) electrons. The highest BCUT2D eigenvalue weighted by molar-refractivity contribution is 8.52. The fourth-order valence-electron chi connectivity index (χ4n) is 0.127. The number of rotatable bonds is 0. The van der Waals surface area contributed by atoms with E-state index in [1.165, 1.54) is 0 Å². The molecule has 5 heteroatoms. The van der Waals surface area contributed by atoms with Crippen molar-refractivity contribution in [2.45, 2.75) is 0 Å². The molecule has 6 heavy (non-hydrogen) atoms. The lowest BCUT2D eigenvalue weighted by molar-refractivity contribution is 0.0635. The van der Waals surface area contributed by atoms with E-state index in [1.54, 1.807) is 0 Å². The van der Waals surface area contributed by atoms with E-state index < -0.39 is 7.71 Å². The van der Waals surface area contributed by atoms with Gasteiger partial charge in [-0.1, -0.05) is 0 Å². The molecule has 2 nitrogen and oxygen atoms in total. The van der Waals surface area contributed by atoms with E-state index in [2.05, 4.69) is 30.7 Å². The number of hydrogen-bond donors (Lipinski definition) is 0. The minimum Gasteiger partial charge on any atom is -0.260 e. The van der Waals surface area contributed by atoms with Gasteiger partial charge < -0.3 is 0 Å². The quantitative estimate of drug-likeness (QED) is 0.470. The molecule has 0 amide bonds. The zero-order valence-electron chi connectivity index (χ0n) is 2.75. The van der Waals surface area contributed by atoms with Gasteiger partial charge in [0.2, 0.25) is 0 Å². The maximum atomic E-state index is 4.61. The smallest absolute Gasteiger partial charge is 0.178 e. The Morgan fingerprint density at radius 1 is 1.33 bits per heavy atom. The lowest BCUT2D eigenvalue weighted by Crippen LogP contribution is -2.21. The average molecular weight is 142 g/mol. The van der Waals surface area contributed by atoms with Gasteiger partial charge in [-0.25, -0.2) is 0 Å². The van der Waals surface area contributed by atoms with Gasteiger partial charge >= 0.3 is 0 Å². The highest BCUT2D eigenvalue weighted by Crippen LogP contribution is 2.07. The lowest BCUT2D eigenvalue weighted by Gasteiger charge is -2.18. The molecule has 0 aromatic rings. The van der Waals surface area contributed by atoms with Crippen LogP contribution in [0.4, 0.5) is 0 Å². The second-order valence-electron chi connectivity index (χ2n) is 0.762. The third kappa shape index (κ3) is 0.855. The molecule has 0 spiro atoms. The first-order chi connectivity index (χ1) is 2.71. The highest BCUT2D eigenvalue weighted by atomic mass is 33.1. The zero-order chi connectivity index (χ0) is 4.62. The summed E-state index contributed by atoms with van der Waals surface area (Å²) in [5, 5.41) is 0. The Labute approximate surface area is 45.7 Å². The maximum absolute atomic E-state index is 4.61. The van der Waals surface area contributed by atoms with E-state index in [4.69, 9.17) is 0 Å². The Morgan fingerprint density at radius 3 is 1.67 bits per heavy atom. The Balaban J connectivity index is 2.78. The Kier molecular flexibility index (Phi) is 1.09. The Hall–Kier alpha value is 0.710. The normalized spacial score (nSPS) is 28.7. The van der Waals surface area contributed by atoms with Gasteiger partial charge in [0.15, 0.2) is 6.79 Å². The summed E-state index contributed by atoms with van der Waals surface area (Å²) < 4.78 is 9.22. The van der Waals surface area contributed by atoms with Crippen LogP contribution in [0.1, 0.15) is 0 Å². The summed E-state index contributed by atoms with van der Waals surface area (Å²) >= 11 is 9.05.